The molecular formula is C4H4F3NO2S. The zero-order valence-corrected chi connectivity index (χ0v) is 5.96. The first-order valence-electron chi connectivity index (χ1n) is 2.24. The van der Waals surface area contributed by atoms with Gasteiger partial charge in [0.05, 0.1) is 6.20 Å². The number of sulfonamides is 1. The summed E-state index contributed by atoms with van der Waals surface area (Å²) in [6, 6.07) is 0. The van der Waals surface area contributed by atoms with Gasteiger partial charge in [-0.1, -0.05) is 6.58 Å². The van der Waals surface area contributed by atoms with Crippen molar-refractivity contribution in [2.24, 2.45) is 0 Å². The highest BCUT2D eigenvalue weighted by Gasteiger charge is 2.45. The summed E-state index contributed by atoms with van der Waals surface area (Å²) in [7, 11) is -5.27. The molecule has 0 saturated heterocycles. The van der Waals surface area contributed by atoms with E-state index in [-0.39, 0.29) is 0 Å². The van der Waals surface area contributed by atoms with Crippen LogP contribution >= 0.6 is 0 Å². The first-order valence-corrected chi connectivity index (χ1v) is 3.72. The molecule has 1 N–H and O–H groups in total. The molecule has 0 unspecified atom stereocenters. The van der Waals surface area contributed by atoms with Gasteiger partial charge in [-0.25, -0.2) is 0 Å². The number of hydrogen-bond acceptors (Lipinski definition) is 2. The van der Waals surface area contributed by atoms with E-state index in [2.05, 4.69) is 6.58 Å². The van der Waals surface area contributed by atoms with Crippen LogP contribution in [-0.2, 0) is 10.0 Å². The van der Waals surface area contributed by atoms with Crippen molar-refractivity contribution in [2.45, 2.75) is 5.51 Å². The molecule has 0 aliphatic rings. The monoisotopic (exact) mass is 187 g/mol. The van der Waals surface area contributed by atoms with Crippen LogP contribution in [0.5, 0.6) is 0 Å². The molecule has 0 aromatic rings. The van der Waals surface area contributed by atoms with Gasteiger partial charge in [0.2, 0.25) is 0 Å². The molecule has 0 aliphatic carbocycles. The fraction of sp³-hybridized carbons (Fsp3) is 0.250. The Bertz CT molecular complexity index is 272. The van der Waals surface area contributed by atoms with Crippen LogP contribution in [0.4, 0.5) is 13.2 Å². The van der Waals surface area contributed by atoms with E-state index in [0.717, 1.165) is 4.72 Å². The highest BCUT2D eigenvalue weighted by atomic mass is 32.2. The topological polar surface area (TPSA) is 46.2 Å². The molecule has 0 amide bonds. The maximum Gasteiger partial charge on any atom is 0.516 e. The molecule has 0 fully saturated rings. The van der Waals surface area contributed by atoms with Crippen LogP contribution in [0.2, 0.25) is 0 Å². The summed E-state index contributed by atoms with van der Waals surface area (Å²) in [5, 5.41) is 0. The van der Waals surface area contributed by atoms with Crippen molar-refractivity contribution in [3.63, 3.8) is 0 Å². The first kappa shape index (κ1) is 10.1. The van der Waals surface area contributed by atoms with Crippen LogP contribution < -0.4 is 4.72 Å². The van der Waals surface area contributed by atoms with Crippen molar-refractivity contribution in [3.8, 4) is 0 Å². The second kappa shape index (κ2) is 2.98. The average Bonchev–Trinajstić information content (AvgIpc) is 1.81. The van der Waals surface area contributed by atoms with E-state index in [0.29, 0.717) is 6.20 Å². The minimum absolute atomic E-state index is 0.461. The van der Waals surface area contributed by atoms with Gasteiger partial charge in [0.15, 0.2) is 0 Å². The minimum atomic E-state index is -5.29. The average molecular weight is 187 g/mol. The molecular weight excluding hydrogens is 183 g/mol. The summed E-state index contributed by atoms with van der Waals surface area (Å²) in [4.78, 5) is 0. The van der Waals surface area contributed by atoms with E-state index in [1.807, 2.05) is 5.73 Å². The predicted molar refractivity (Wildman–Crippen MR) is 31.8 cm³/mol. The third kappa shape index (κ3) is 2.65. The van der Waals surface area contributed by atoms with Crippen LogP contribution in [0.25, 0.3) is 0 Å². The Kier molecular flexibility index (Phi) is 2.72. The second-order valence-corrected chi connectivity index (χ2v) is 3.12. The number of nitrogens with one attached hydrogen (secondary N) is 1. The number of alkyl halides is 3. The smallest absolute Gasteiger partial charge is 0.276 e. The van der Waals surface area contributed by atoms with Crippen molar-refractivity contribution < 1.29 is 21.6 Å². The number of hydrogen-bond donors (Lipinski definition) is 1. The largest absolute Gasteiger partial charge is 0.516 e. The molecule has 0 heterocycles. The van der Waals surface area contributed by atoms with Gasteiger partial charge in [-0.15, -0.1) is 5.73 Å². The molecule has 0 aromatic carbocycles. The highest BCUT2D eigenvalue weighted by molar-refractivity contribution is 7.90. The van der Waals surface area contributed by atoms with Crippen LogP contribution in [0, 0.1) is 0 Å². The summed E-state index contributed by atoms with van der Waals surface area (Å²) in [6.07, 6.45) is 0.461. The van der Waals surface area contributed by atoms with Gasteiger partial charge in [0, 0.05) is 0 Å². The van der Waals surface area contributed by atoms with Gasteiger partial charge < -0.3 is 0 Å². The second-order valence-electron chi connectivity index (χ2n) is 1.42. The normalized spacial score (nSPS) is 11.9. The molecule has 0 spiro atoms. The van der Waals surface area contributed by atoms with Crippen LogP contribution in [0.3, 0.4) is 0 Å². The van der Waals surface area contributed by atoms with Crippen molar-refractivity contribution in [3.05, 3.63) is 18.5 Å². The Hall–Kier alpha value is -0.940. The van der Waals surface area contributed by atoms with Gasteiger partial charge in [0.25, 0.3) is 0 Å². The first-order chi connectivity index (χ1) is 4.81. The van der Waals surface area contributed by atoms with Crippen LogP contribution in [0.15, 0.2) is 18.5 Å². The predicted octanol–water partition coefficient (Wildman–Crippen LogP) is 0.724. The molecule has 0 rings (SSSR count). The summed E-state index contributed by atoms with van der Waals surface area (Å²) in [6.45, 7) is 2.87. The summed E-state index contributed by atoms with van der Waals surface area (Å²) < 4.78 is 55.6. The fourth-order valence-corrected chi connectivity index (χ4v) is 0.558. The van der Waals surface area contributed by atoms with E-state index < -0.39 is 15.5 Å². The maximum atomic E-state index is 11.4. The van der Waals surface area contributed by atoms with Crippen molar-refractivity contribution in [1.82, 2.24) is 4.72 Å². The van der Waals surface area contributed by atoms with Crippen LogP contribution in [-0.4, -0.2) is 13.9 Å². The summed E-state index contributed by atoms with van der Waals surface area (Å²) in [5.41, 5.74) is -3.46. The van der Waals surface area contributed by atoms with Gasteiger partial charge in [-0.2, -0.15) is 21.6 Å². The Balaban J connectivity index is 4.63. The van der Waals surface area contributed by atoms with Crippen LogP contribution in [0.1, 0.15) is 0 Å². The lowest BCUT2D eigenvalue weighted by atomic mass is 10.9. The van der Waals surface area contributed by atoms with Crippen molar-refractivity contribution >= 4 is 10.0 Å². The van der Waals surface area contributed by atoms with E-state index in [1.54, 1.807) is 0 Å². The van der Waals surface area contributed by atoms with E-state index in [9.17, 15) is 21.6 Å². The minimum Gasteiger partial charge on any atom is -0.276 e. The lowest BCUT2D eigenvalue weighted by Crippen LogP contribution is -2.33. The molecule has 11 heavy (non-hydrogen) atoms. The molecule has 0 radical (unpaired) electrons. The van der Waals surface area contributed by atoms with Crippen molar-refractivity contribution in [2.75, 3.05) is 0 Å². The van der Waals surface area contributed by atoms with E-state index >= 15 is 0 Å². The zero-order chi connectivity index (χ0) is 9.12. The standard InChI is InChI=1S/C4H4F3NO2S/c1-2-3-8-11(9,10)4(5,6)7/h3,8H,1H2. The van der Waals surface area contributed by atoms with Gasteiger partial charge in [-0.05, 0) is 0 Å². The fourth-order valence-electron chi connectivity index (χ4n) is 0.186. The molecule has 0 aromatic heterocycles. The van der Waals surface area contributed by atoms with Crippen molar-refractivity contribution in [1.29, 1.82) is 0 Å². The zero-order valence-electron chi connectivity index (χ0n) is 5.14. The van der Waals surface area contributed by atoms with E-state index in [4.69, 9.17) is 0 Å². The summed E-state index contributed by atoms with van der Waals surface area (Å²) >= 11 is 0. The summed E-state index contributed by atoms with van der Waals surface area (Å²) in [5.74, 6) is 0. The Labute approximate surface area is 61.3 Å². The SMILES string of the molecule is C=C=CNS(=O)(=O)C(F)(F)F. The number of halogens is 3. The Morgan fingerprint density at radius 2 is 1.91 bits per heavy atom. The maximum absolute atomic E-state index is 11.4. The lowest BCUT2D eigenvalue weighted by molar-refractivity contribution is -0.0443. The van der Waals surface area contributed by atoms with Gasteiger partial charge in [-0.3, -0.25) is 4.72 Å². The quantitative estimate of drug-likeness (QED) is 0.647. The molecule has 3 nitrogen and oxygen atoms in total. The molecule has 64 valence electrons. The molecule has 7 heteroatoms. The molecule has 0 saturated carbocycles. The Morgan fingerprint density at radius 1 is 1.45 bits per heavy atom. The van der Waals surface area contributed by atoms with Gasteiger partial charge >= 0.3 is 15.5 Å². The Morgan fingerprint density at radius 3 is 2.18 bits per heavy atom. The molecule has 0 aliphatic heterocycles. The third-order valence-corrected chi connectivity index (χ3v) is 1.66. The van der Waals surface area contributed by atoms with E-state index in [1.165, 1.54) is 0 Å². The third-order valence-electron chi connectivity index (χ3n) is 0.621. The lowest BCUT2D eigenvalue weighted by Gasteiger charge is -2.05. The van der Waals surface area contributed by atoms with Gasteiger partial charge in [0.1, 0.15) is 0 Å². The molecule has 0 bridgehead atoms. The number of rotatable bonds is 2. The highest BCUT2D eigenvalue weighted by Crippen LogP contribution is 2.21. The molecule has 0 atom stereocenters.